The van der Waals surface area contributed by atoms with E-state index in [0.29, 0.717) is 28.0 Å². The molecule has 4 aromatic rings. The van der Waals surface area contributed by atoms with Crippen molar-refractivity contribution in [3.63, 3.8) is 0 Å². The molecule has 7 heteroatoms. The summed E-state index contributed by atoms with van der Waals surface area (Å²) >= 11 is 3.40. The highest BCUT2D eigenvalue weighted by molar-refractivity contribution is 9.10. The third-order valence-corrected chi connectivity index (χ3v) is 4.87. The number of nitro benzene ring substituents is 1. The van der Waals surface area contributed by atoms with Crippen LogP contribution in [0.1, 0.15) is 11.4 Å². The van der Waals surface area contributed by atoms with E-state index in [2.05, 4.69) is 20.9 Å². The molecule has 29 heavy (non-hydrogen) atoms. The molecular formula is C22H14BrN3O3. The van der Waals surface area contributed by atoms with Crippen LogP contribution in [0.15, 0.2) is 82.1 Å². The summed E-state index contributed by atoms with van der Waals surface area (Å²) < 4.78 is 2.33. The SMILES string of the molecule is O=c1c2cc(Br)ccc2nc(C=Cc2cccc([N+](=O)[O-])c2)n1-c1ccccc1. The summed E-state index contributed by atoms with van der Waals surface area (Å²) in [7, 11) is 0. The van der Waals surface area contributed by atoms with Gasteiger partial charge in [-0.3, -0.25) is 19.5 Å². The van der Waals surface area contributed by atoms with Gasteiger partial charge in [-0.15, -0.1) is 0 Å². The maximum Gasteiger partial charge on any atom is 0.270 e. The number of fused-ring (bicyclic) bond motifs is 1. The van der Waals surface area contributed by atoms with Gasteiger partial charge in [0.15, 0.2) is 0 Å². The van der Waals surface area contributed by atoms with Crippen molar-refractivity contribution in [2.24, 2.45) is 0 Å². The Kier molecular flexibility index (Phi) is 5.05. The molecule has 0 radical (unpaired) electrons. The normalized spacial score (nSPS) is 11.2. The molecular weight excluding hydrogens is 434 g/mol. The third kappa shape index (κ3) is 3.86. The maximum absolute atomic E-state index is 13.2. The van der Waals surface area contributed by atoms with Crippen LogP contribution in [0.2, 0.25) is 0 Å². The van der Waals surface area contributed by atoms with E-state index in [1.165, 1.54) is 16.7 Å². The first-order valence-electron chi connectivity index (χ1n) is 8.73. The van der Waals surface area contributed by atoms with Crippen molar-refractivity contribution in [2.75, 3.05) is 0 Å². The van der Waals surface area contributed by atoms with E-state index < -0.39 is 4.92 Å². The fourth-order valence-corrected chi connectivity index (χ4v) is 3.39. The molecule has 6 nitrogen and oxygen atoms in total. The van der Waals surface area contributed by atoms with Gasteiger partial charge in [0.1, 0.15) is 5.82 Å². The van der Waals surface area contributed by atoms with Crippen molar-refractivity contribution in [3.8, 4) is 5.69 Å². The van der Waals surface area contributed by atoms with Crippen LogP contribution in [-0.4, -0.2) is 14.5 Å². The number of rotatable bonds is 4. The molecule has 0 saturated heterocycles. The maximum atomic E-state index is 13.2. The Morgan fingerprint density at radius 3 is 2.52 bits per heavy atom. The third-order valence-electron chi connectivity index (χ3n) is 4.38. The second-order valence-corrected chi connectivity index (χ2v) is 7.21. The molecule has 0 aliphatic heterocycles. The van der Waals surface area contributed by atoms with E-state index in [1.54, 1.807) is 36.4 Å². The van der Waals surface area contributed by atoms with Gasteiger partial charge in [0.25, 0.3) is 11.2 Å². The number of nitrogens with zero attached hydrogens (tertiary/aromatic N) is 3. The van der Waals surface area contributed by atoms with Crippen molar-refractivity contribution in [2.45, 2.75) is 0 Å². The summed E-state index contributed by atoms with van der Waals surface area (Å²) in [6.45, 7) is 0. The number of hydrogen-bond donors (Lipinski definition) is 0. The van der Waals surface area contributed by atoms with Crippen molar-refractivity contribution in [1.82, 2.24) is 9.55 Å². The molecule has 4 rings (SSSR count). The van der Waals surface area contributed by atoms with E-state index in [0.717, 1.165) is 4.47 Å². The first-order chi connectivity index (χ1) is 14.0. The Morgan fingerprint density at radius 1 is 0.966 bits per heavy atom. The van der Waals surface area contributed by atoms with Crippen LogP contribution in [0.25, 0.3) is 28.7 Å². The first-order valence-corrected chi connectivity index (χ1v) is 9.52. The van der Waals surface area contributed by atoms with Gasteiger partial charge in [-0.2, -0.15) is 0 Å². The average Bonchev–Trinajstić information content (AvgIpc) is 2.73. The lowest BCUT2D eigenvalue weighted by atomic mass is 10.2. The van der Waals surface area contributed by atoms with Crippen LogP contribution in [0.3, 0.4) is 0 Å². The Labute approximate surface area is 174 Å². The standard InChI is InChI=1S/C22H14BrN3O3/c23-16-10-11-20-19(14-16)22(27)25(17-6-2-1-3-7-17)21(24-20)12-9-15-5-4-8-18(13-15)26(28)29/h1-14H. The minimum absolute atomic E-state index is 0.00363. The Hall–Kier alpha value is -3.58. The van der Waals surface area contributed by atoms with Crippen LogP contribution in [0.4, 0.5) is 5.69 Å². The van der Waals surface area contributed by atoms with Gasteiger partial charge in [0, 0.05) is 16.6 Å². The van der Waals surface area contributed by atoms with E-state index in [9.17, 15) is 14.9 Å². The lowest BCUT2D eigenvalue weighted by molar-refractivity contribution is -0.384. The molecule has 3 aromatic carbocycles. The highest BCUT2D eigenvalue weighted by Crippen LogP contribution is 2.20. The zero-order chi connectivity index (χ0) is 20.4. The predicted molar refractivity (Wildman–Crippen MR) is 117 cm³/mol. The van der Waals surface area contributed by atoms with Crippen LogP contribution in [0, 0.1) is 10.1 Å². The van der Waals surface area contributed by atoms with E-state index in [-0.39, 0.29) is 11.2 Å². The minimum atomic E-state index is -0.441. The molecule has 0 N–H and O–H groups in total. The van der Waals surface area contributed by atoms with Crippen molar-refractivity contribution >= 4 is 44.7 Å². The van der Waals surface area contributed by atoms with E-state index in [1.807, 2.05) is 36.4 Å². The molecule has 1 aromatic heterocycles. The number of non-ortho nitro benzene ring substituents is 1. The zero-order valence-corrected chi connectivity index (χ0v) is 16.6. The summed E-state index contributed by atoms with van der Waals surface area (Å²) in [6.07, 6.45) is 3.40. The van der Waals surface area contributed by atoms with Gasteiger partial charge in [0.2, 0.25) is 0 Å². The topological polar surface area (TPSA) is 78.0 Å². The van der Waals surface area contributed by atoms with Crippen LogP contribution < -0.4 is 5.56 Å². The fourth-order valence-electron chi connectivity index (χ4n) is 3.03. The quantitative estimate of drug-likeness (QED) is 0.317. The van der Waals surface area contributed by atoms with E-state index in [4.69, 9.17) is 0 Å². The van der Waals surface area contributed by atoms with Crippen LogP contribution in [0.5, 0.6) is 0 Å². The summed E-state index contributed by atoms with van der Waals surface area (Å²) in [6, 6.07) is 20.9. The van der Waals surface area contributed by atoms with Gasteiger partial charge in [0.05, 0.1) is 21.5 Å². The Bertz CT molecular complexity index is 1310. The summed E-state index contributed by atoms with van der Waals surface area (Å²) in [4.78, 5) is 28.4. The van der Waals surface area contributed by atoms with Gasteiger partial charge in [-0.1, -0.05) is 52.3 Å². The molecule has 0 unspecified atom stereocenters. The van der Waals surface area contributed by atoms with Crippen molar-refractivity contribution in [3.05, 3.63) is 109 Å². The second-order valence-electron chi connectivity index (χ2n) is 6.29. The second kappa shape index (κ2) is 7.81. The molecule has 0 aliphatic rings. The number of para-hydroxylation sites is 1. The van der Waals surface area contributed by atoms with Gasteiger partial charge in [-0.25, -0.2) is 4.98 Å². The van der Waals surface area contributed by atoms with Gasteiger partial charge < -0.3 is 0 Å². The monoisotopic (exact) mass is 447 g/mol. The van der Waals surface area contributed by atoms with Gasteiger partial charge in [-0.05, 0) is 42.0 Å². The molecule has 0 fully saturated rings. The largest absolute Gasteiger partial charge is 0.270 e. The molecule has 0 spiro atoms. The molecule has 0 aliphatic carbocycles. The molecule has 142 valence electrons. The number of halogens is 1. The van der Waals surface area contributed by atoms with Crippen molar-refractivity contribution in [1.29, 1.82) is 0 Å². The smallest absolute Gasteiger partial charge is 0.268 e. The minimum Gasteiger partial charge on any atom is -0.268 e. The van der Waals surface area contributed by atoms with Crippen LogP contribution in [-0.2, 0) is 0 Å². The average molecular weight is 448 g/mol. The molecule has 0 atom stereocenters. The molecule has 1 heterocycles. The number of hydrogen-bond acceptors (Lipinski definition) is 4. The summed E-state index contributed by atoms with van der Waals surface area (Å²) in [5.74, 6) is 0.433. The summed E-state index contributed by atoms with van der Waals surface area (Å²) in [5.41, 5.74) is 1.71. The lowest BCUT2D eigenvalue weighted by Crippen LogP contribution is -2.22. The van der Waals surface area contributed by atoms with E-state index >= 15 is 0 Å². The predicted octanol–water partition coefficient (Wildman–Crippen LogP) is 5.23. The zero-order valence-electron chi connectivity index (χ0n) is 15.0. The fraction of sp³-hybridized carbons (Fsp3) is 0. The molecule has 0 amide bonds. The highest BCUT2D eigenvalue weighted by Gasteiger charge is 2.12. The highest BCUT2D eigenvalue weighted by atomic mass is 79.9. The Balaban J connectivity index is 1.91. The molecule has 0 saturated carbocycles. The van der Waals surface area contributed by atoms with Gasteiger partial charge >= 0.3 is 0 Å². The number of benzene rings is 3. The molecule has 0 bridgehead atoms. The Morgan fingerprint density at radius 2 is 1.76 bits per heavy atom. The lowest BCUT2D eigenvalue weighted by Gasteiger charge is -2.11. The first kappa shape index (κ1) is 18.8. The summed E-state index contributed by atoms with van der Waals surface area (Å²) in [5, 5.41) is 11.5. The van der Waals surface area contributed by atoms with Crippen molar-refractivity contribution < 1.29 is 4.92 Å². The number of nitro groups is 1. The van der Waals surface area contributed by atoms with Crippen LogP contribution >= 0.6 is 15.9 Å². The number of aromatic nitrogens is 2.